The van der Waals surface area contributed by atoms with Gasteiger partial charge in [0.2, 0.25) is 5.91 Å². The maximum atomic E-state index is 13.7. The van der Waals surface area contributed by atoms with Gasteiger partial charge < -0.3 is 25.0 Å². The molecule has 2 aliphatic rings. The zero-order valence-corrected chi connectivity index (χ0v) is 19.8. The van der Waals surface area contributed by atoms with Crippen LogP contribution >= 0.6 is 0 Å². The van der Waals surface area contributed by atoms with Gasteiger partial charge >= 0.3 is 0 Å². The number of hydrogen-bond donors (Lipinski definition) is 3. The number of carbonyl (C=O) groups is 1. The molecule has 0 radical (unpaired) electrons. The van der Waals surface area contributed by atoms with Crippen LogP contribution in [0.3, 0.4) is 0 Å². The molecule has 0 aliphatic carbocycles. The number of nitrogens with zero attached hydrogens (tertiary/aromatic N) is 4. The van der Waals surface area contributed by atoms with E-state index in [0.717, 1.165) is 28.1 Å². The Hall–Kier alpha value is -4.34. The van der Waals surface area contributed by atoms with Gasteiger partial charge in [0, 0.05) is 42.4 Å². The molecule has 0 bridgehead atoms. The van der Waals surface area contributed by atoms with E-state index in [9.17, 15) is 19.4 Å². The predicted molar refractivity (Wildman–Crippen MR) is 139 cm³/mol. The Labute approximate surface area is 212 Å². The fourth-order valence-corrected chi connectivity index (χ4v) is 4.81. The SMILES string of the molecule is O=C1CC(c2cccc(-n3ccnc3)c2)=Nc2cc(N3C[C@@H](O)[C@@H](O)C3)c(-c3ccc(F)cc3)cc2N1. The van der Waals surface area contributed by atoms with Crippen molar-refractivity contribution in [2.45, 2.75) is 18.6 Å². The Bertz CT molecular complexity index is 1490. The molecule has 1 fully saturated rings. The molecule has 186 valence electrons. The largest absolute Gasteiger partial charge is 0.389 e. The number of fused-ring (bicyclic) bond motifs is 1. The van der Waals surface area contributed by atoms with Crippen molar-refractivity contribution >= 4 is 28.7 Å². The van der Waals surface area contributed by atoms with Gasteiger partial charge in [-0.3, -0.25) is 9.79 Å². The minimum Gasteiger partial charge on any atom is -0.389 e. The molecule has 0 unspecified atom stereocenters. The smallest absolute Gasteiger partial charge is 0.230 e. The third kappa shape index (κ3) is 4.50. The van der Waals surface area contributed by atoms with Gasteiger partial charge in [-0.25, -0.2) is 9.37 Å². The molecule has 1 amide bonds. The van der Waals surface area contributed by atoms with Crippen molar-refractivity contribution in [2.75, 3.05) is 23.3 Å². The summed E-state index contributed by atoms with van der Waals surface area (Å²) in [6.45, 7) is 0.480. The van der Waals surface area contributed by atoms with E-state index < -0.39 is 12.2 Å². The minimum absolute atomic E-state index is 0.0877. The van der Waals surface area contributed by atoms with E-state index in [1.165, 1.54) is 12.1 Å². The first kappa shape index (κ1) is 23.1. The number of carbonyl (C=O) groups excluding carboxylic acids is 1. The van der Waals surface area contributed by atoms with Crippen LogP contribution in [0.25, 0.3) is 16.8 Å². The highest BCUT2D eigenvalue weighted by Crippen LogP contribution is 2.42. The van der Waals surface area contributed by atoms with Crippen molar-refractivity contribution in [3.63, 3.8) is 0 Å². The average Bonchev–Trinajstić information content (AvgIpc) is 3.51. The summed E-state index contributed by atoms with van der Waals surface area (Å²) in [4.78, 5) is 23.8. The number of aliphatic hydroxyl groups is 2. The van der Waals surface area contributed by atoms with Crippen LogP contribution in [-0.2, 0) is 4.79 Å². The lowest BCUT2D eigenvalue weighted by atomic mass is 10.0. The van der Waals surface area contributed by atoms with Crippen LogP contribution in [0.4, 0.5) is 21.5 Å². The lowest BCUT2D eigenvalue weighted by Crippen LogP contribution is -2.22. The van der Waals surface area contributed by atoms with Gasteiger partial charge in [-0.2, -0.15) is 0 Å². The number of halogens is 1. The van der Waals surface area contributed by atoms with Crippen LogP contribution in [0.2, 0.25) is 0 Å². The van der Waals surface area contributed by atoms with Gasteiger partial charge in [0.15, 0.2) is 0 Å². The van der Waals surface area contributed by atoms with Gasteiger partial charge in [0.1, 0.15) is 5.82 Å². The van der Waals surface area contributed by atoms with Crippen molar-refractivity contribution in [3.8, 4) is 16.8 Å². The number of aromatic nitrogens is 2. The minimum atomic E-state index is -0.885. The summed E-state index contributed by atoms with van der Waals surface area (Å²) in [5.41, 5.74) is 5.62. The number of anilines is 2. The van der Waals surface area contributed by atoms with E-state index >= 15 is 0 Å². The molecule has 0 saturated carbocycles. The van der Waals surface area contributed by atoms with Gasteiger partial charge in [-0.05, 0) is 47.5 Å². The Balaban J connectivity index is 1.48. The highest BCUT2D eigenvalue weighted by Gasteiger charge is 2.32. The number of hydrogen-bond acceptors (Lipinski definition) is 6. The maximum Gasteiger partial charge on any atom is 0.230 e. The summed E-state index contributed by atoms with van der Waals surface area (Å²) in [5.74, 6) is -0.553. The van der Waals surface area contributed by atoms with Crippen molar-refractivity contribution in [1.82, 2.24) is 9.55 Å². The number of nitrogens with one attached hydrogen (secondary N) is 1. The summed E-state index contributed by atoms with van der Waals surface area (Å²) in [6.07, 6.45) is 3.57. The number of aliphatic imine (C=N–C) groups is 1. The molecule has 3 aromatic carbocycles. The lowest BCUT2D eigenvalue weighted by molar-refractivity contribution is -0.115. The van der Waals surface area contributed by atoms with Crippen molar-refractivity contribution in [1.29, 1.82) is 0 Å². The molecule has 37 heavy (non-hydrogen) atoms. The van der Waals surface area contributed by atoms with E-state index in [2.05, 4.69) is 10.3 Å². The molecule has 2 atom stereocenters. The molecule has 1 aromatic heterocycles. The summed E-state index contributed by atoms with van der Waals surface area (Å²) in [5, 5.41) is 23.4. The Morgan fingerprint density at radius 3 is 2.49 bits per heavy atom. The number of benzene rings is 3. The van der Waals surface area contributed by atoms with Crippen LogP contribution in [0.5, 0.6) is 0 Å². The first-order valence-corrected chi connectivity index (χ1v) is 12.0. The molecule has 4 aromatic rings. The van der Waals surface area contributed by atoms with Gasteiger partial charge in [-0.1, -0.05) is 24.3 Å². The van der Waals surface area contributed by atoms with Crippen LogP contribution < -0.4 is 10.2 Å². The number of β-amino-alcohol motifs (C(OH)–C–C–N with tert-alkyl or cyclic N) is 2. The van der Waals surface area contributed by atoms with Crippen molar-refractivity contribution < 1.29 is 19.4 Å². The molecule has 8 nitrogen and oxygen atoms in total. The fourth-order valence-electron chi connectivity index (χ4n) is 4.81. The van der Waals surface area contributed by atoms with E-state index in [0.29, 0.717) is 17.1 Å². The van der Waals surface area contributed by atoms with Gasteiger partial charge in [0.05, 0.1) is 42.0 Å². The summed E-state index contributed by atoms with van der Waals surface area (Å²) < 4.78 is 15.5. The number of amides is 1. The molecule has 3 N–H and O–H groups in total. The molecule has 3 heterocycles. The maximum absolute atomic E-state index is 13.7. The van der Waals surface area contributed by atoms with Crippen molar-refractivity contribution in [2.24, 2.45) is 4.99 Å². The Morgan fingerprint density at radius 2 is 1.76 bits per heavy atom. The zero-order chi connectivity index (χ0) is 25.5. The fraction of sp³-hybridized carbons (Fsp3) is 0.179. The average molecular weight is 498 g/mol. The molecule has 6 rings (SSSR count). The molecule has 9 heteroatoms. The van der Waals surface area contributed by atoms with Crippen LogP contribution in [0.1, 0.15) is 12.0 Å². The Morgan fingerprint density at radius 1 is 0.973 bits per heavy atom. The van der Waals surface area contributed by atoms with Gasteiger partial charge in [-0.15, -0.1) is 0 Å². The molecule has 2 aliphatic heterocycles. The summed E-state index contributed by atoms with van der Waals surface area (Å²) >= 11 is 0. The zero-order valence-electron chi connectivity index (χ0n) is 19.8. The second kappa shape index (κ2) is 9.27. The normalized spacial score (nSPS) is 19.3. The quantitative estimate of drug-likeness (QED) is 0.399. The number of rotatable bonds is 4. The molecule has 0 spiro atoms. The third-order valence-electron chi connectivity index (χ3n) is 6.71. The highest BCUT2D eigenvalue weighted by molar-refractivity contribution is 6.17. The van der Waals surface area contributed by atoms with Crippen LogP contribution in [0.15, 0.2) is 84.4 Å². The Kier molecular flexibility index (Phi) is 5.78. The molecular formula is C28H24FN5O3. The second-order valence-electron chi connectivity index (χ2n) is 9.24. The number of imidazole rings is 1. The monoisotopic (exact) mass is 497 g/mol. The van der Waals surface area contributed by atoms with Crippen LogP contribution in [0, 0.1) is 5.82 Å². The summed E-state index contributed by atoms with van der Waals surface area (Å²) in [6, 6.07) is 17.5. The molecule has 1 saturated heterocycles. The lowest BCUT2D eigenvalue weighted by Gasteiger charge is -2.23. The number of aliphatic hydroxyl groups excluding tert-OH is 2. The second-order valence-corrected chi connectivity index (χ2v) is 9.24. The van der Waals surface area contributed by atoms with E-state index in [-0.39, 0.29) is 31.2 Å². The van der Waals surface area contributed by atoms with E-state index in [4.69, 9.17) is 4.99 Å². The van der Waals surface area contributed by atoms with Crippen molar-refractivity contribution in [3.05, 3.63) is 90.8 Å². The summed E-state index contributed by atoms with van der Waals surface area (Å²) in [7, 11) is 0. The van der Waals surface area contributed by atoms with E-state index in [1.54, 1.807) is 24.7 Å². The van der Waals surface area contributed by atoms with Gasteiger partial charge in [0.25, 0.3) is 0 Å². The topological polar surface area (TPSA) is 103 Å². The van der Waals surface area contributed by atoms with E-state index in [1.807, 2.05) is 52.1 Å². The predicted octanol–water partition coefficient (Wildman–Crippen LogP) is 3.68. The molecular weight excluding hydrogens is 473 g/mol. The first-order chi connectivity index (χ1) is 17.9. The third-order valence-corrected chi connectivity index (χ3v) is 6.71. The first-order valence-electron chi connectivity index (χ1n) is 12.0. The standard InChI is InChI=1S/C28H24FN5O3/c29-19-6-4-17(5-7-19)21-11-23-24(12-25(21)34-14-26(35)27(36)15-34)31-22(13-28(37)32-23)18-2-1-3-20(10-18)33-9-8-30-16-33/h1-12,16,26-27,35-36H,13-15H2,(H,32,37)/t26-,27+. The van der Waals surface area contributed by atoms with Crippen LogP contribution in [-0.4, -0.2) is 56.7 Å². The highest BCUT2D eigenvalue weighted by atomic mass is 19.1.